The highest BCUT2D eigenvalue weighted by Crippen LogP contribution is 2.37. The summed E-state index contributed by atoms with van der Waals surface area (Å²) < 4.78 is 8.61. The normalized spacial score (nSPS) is 13.0. The predicted octanol–water partition coefficient (Wildman–Crippen LogP) is 3.59. The van der Waals surface area contributed by atoms with Crippen molar-refractivity contribution >= 4 is 44.9 Å². The first-order valence-corrected chi connectivity index (χ1v) is 9.72. The van der Waals surface area contributed by atoms with Gasteiger partial charge in [0.25, 0.3) is 6.71 Å². The van der Waals surface area contributed by atoms with E-state index < -0.39 is 0 Å². The molecule has 4 aromatic carbocycles. The lowest BCUT2D eigenvalue weighted by Crippen LogP contribution is -2.58. The number of aromatic nitrogens is 1. The summed E-state index contributed by atoms with van der Waals surface area (Å²) in [6, 6.07) is 29.5. The molecule has 7 rings (SSSR count). The van der Waals surface area contributed by atoms with Gasteiger partial charge in [0.05, 0.1) is 17.1 Å². The molecular formula is C25H13BN2O. The lowest BCUT2D eigenvalue weighted by atomic mass is 9.34. The average Bonchev–Trinajstić information content (AvgIpc) is 3.12. The van der Waals surface area contributed by atoms with E-state index in [9.17, 15) is 5.26 Å². The third-order valence-electron chi connectivity index (χ3n) is 6.27. The summed E-state index contributed by atoms with van der Waals surface area (Å²) in [5, 5.41) is 12.2. The SMILES string of the molecule is N#Cc1cc2c3c(c1)-n1c4ccccc4c4cccc(c41)B3c1ccccc1O2. The van der Waals surface area contributed by atoms with Crippen LogP contribution in [0.2, 0.25) is 0 Å². The van der Waals surface area contributed by atoms with Crippen molar-refractivity contribution in [2.75, 3.05) is 0 Å². The zero-order valence-corrected chi connectivity index (χ0v) is 15.4. The number of hydrogen-bond donors (Lipinski definition) is 0. The summed E-state index contributed by atoms with van der Waals surface area (Å²) >= 11 is 0. The van der Waals surface area contributed by atoms with Crippen molar-refractivity contribution in [3.63, 3.8) is 0 Å². The summed E-state index contributed by atoms with van der Waals surface area (Å²) in [6.07, 6.45) is 0. The standard InChI is InChI=1S/C25H13BN2O/c27-14-15-12-21-24-23(13-15)29-22-11-4-2-8-18(22)26(24)19-9-5-7-17-16-6-1-3-10-20(16)28(21)25(17)19/h1-13H. The maximum absolute atomic E-state index is 9.68. The van der Waals surface area contributed by atoms with Crippen molar-refractivity contribution in [3.8, 4) is 23.3 Å². The summed E-state index contributed by atoms with van der Waals surface area (Å²) in [5.41, 5.74) is 7.64. The highest BCUT2D eigenvalue weighted by Gasteiger charge is 2.40. The average molecular weight is 368 g/mol. The highest BCUT2D eigenvalue weighted by atomic mass is 16.5. The second-order valence-corrected chi connectivity index (χ2v) is 7.69. The first-order chi connectivity index (χ1) is 14.3. The molecule has 29 heavy (non-hydrogen) atoms. The molecule has 0 fully saturated rings. The molecule has 0 saturated heterocycles. The van der Waals surface area contributed by atoms with Crippen LogP contribution in [0, 0.1) is 11.3 Å². The third kappa shape index (κ3) is 1.73. The smallest absolute Gasteiger partial charge is 0.256 e. The van der Waals surface area contributed by atoms with Gasteiger partial charge in [-0.2, -0.15) is 5.26 Å². The largest absolute Gasteiger partial charge is 0.458 e. The van der Waals surface area contributed by atoms with Crippen LogP contribution in [0.15, 0.2) is 78.9 Å². The minimum Gasteiger partial charge on any atom is -0.458 e. The zero-order valence-electron chi connectivity index (χ0n) is 15.4. The zero-order chi connectivity index (χ0) is 19.1. The number of rotatable bonds is 0. The predicted molar refractivity (Wildman–Crippen MR) is 117 cm³/mol. The summed E-state index contributed by atoms with van der Waals surface area (Å²) in [6.45, 7) is 0.0956. The molecule has 0 radical (unpaired) electrons. The molecule has 0 spiro atoms. The van der Waals surface area contributed by atoms with Gasteiger partial charge in [-0.15, -0.1) is 0 Å². The van der Waals surface area contributed by atoms with Crippen LogP contribution in [0.25, 0.3) is 27.5 Å². The Balaban J connectivity index is 1.76. The Morgan fingerprint density at radius 1 is 0.793 bits per heavy atom. The van der Waals surface area contributed by atoms with Crippen LogP contribution in [-0.2, 0) is 0 Å². The summed E-state index contributed by atoms with van der Waals surface area (Å²) in [5.74, 6) is 1.65. The Labute approximate surface area is 167 Å². The fourth-order valence-electron chi connectivity index (χ4n) is 5.17. The molecule has 3 nitrogen and oxygen atoms in total. The van der Waals surface area contributed by atoms with Crippen LogP contribution >= 0.6 is 0 Å². The lowest BCUT2D eigenvalue weighted by Gasteiger charge is -2.33. The van der Waals surface area contributed by atoms with Gasteiger partial charge >= 0.3 is 0 Å². The second kappa shape index (κ2) is 5.09. The Kier molecular flexibility index (Phi) is 2.64. The van der Waals surface area contributed by atoms with Gasteiger partial charge in [0.1, 0.15) is 11.5 Å². The Hall–Kier alpha value is -3.97. The van der Waals surface area contributed by atoms with Gasteiger partial charge in [0, 0.05) is 22.0 Å². The number of hydrogen-bond acceptors (Lipinski definition) is 2. The molecule has 4 heteroatoms. The first-order valence-electron chi connectivity index (χ1n) is 9.72. The van der Waals surface area contributed by atoms with Crippen LogP contribution in [0.3, 0.4) is 0 Å². The van der Waals surface area contributed by atoms with Crippen LogP contribution in [0.1, 0.15) is 5.56 Å². The highest BCUT2D eigenvalue weighted by molar-refractivity contribution is 6.99. The minimum atomic E-state index is 0.0956. The number of nitrogens with zero attached hydrogens (tertiary/aromatic N) is 2. The summed E-state index contributed by atoms with van der Waals surface area (Å²) in [7, 11) is 0. The van der Waals surface area contributed by atoms with E-state index in [0.29, 0.717) is 5.56 Å². The van der Waals surface area contributed by atoms with E-state index in [1.807, 2.05) is 24.3 Å². The quantitative estimate of drug-likeness (QED) is 0.384. The third-order valence-corrected chi connectivity index (χ3v) is 6.27. The fourth-order valence-corrected chi connectivity index (χ4v) is 5.17. The molecular weight excluding hydrogens is 355 g/mol. The van der Waals surface area contributed by atoms with E-state index in [-0.39, 0.29) is 6.71 Å². The van der Waals surface area contributed by atoms with Crippen LogP contribution in [0.5, 0.6) is 11.5 Å². The van der Waals surface area contributed by atoms with Gasteiger partial charge in [0.15, 0.2) is 0 Å². The van der Waals surface area contributed by atoms with Crippen molar-refractivity contribution in [1.82, 2.24) is 4.57 Å². The van der Waals surface area contributed by atoms with Gasteiger partial charge in [-0.05, 0) is 40.7 Å². The van der Waals surface area contributed by atoms with Gasteiger partial charge < -0.3 is 9.30 Å². The maximum Gasteiger partial charge on any atom is 0.256 e. The number of fused-ring (bicyclic) bond motifs is 7. The van der Waals surface area contributed by atoms with Crippen molar-refractivity contribution in [3.05, 3.63) is 84.4 Å². The number of ether oxygens (including phenoxy) is 1. The maximum atomic E-state index is 9.68. The van der Waals surface area contributed by atoms with Crippen LogP contribution in [0.4, 0.5) is 0 Å². The molecule has 0 amide bonds. The van der Waals surface area contributed by atoms with Crippen LogP contribution < -0.4 is 21.1 Å². The molecule has 0 atom stereocenters. The number of para-hydroxylation sites is 3. The van der Waals surface area contributed by atoms with Gasteiger partial charge in [-0.3, -0.25) is 0 Å². The molecule has 2 aliphatic rings. The molecule has 1 aromatic heterocycles. The minimum absolute atomic E-state index is 0.0956. The van der Waals surface area contributed by atoms with E-state index in [1.165, 1.54) is 27.2 Å². The molecule has 0 bridgehead atoms. The molecule has 0 unspecified atom stereocenters. The Morgan fingerprint density at radius 3 is 2.52 bits per heavy atom. The van der Waals surface area contributed by atoms with Gasteiger partial charge in [-0.1, -0.05) is 54.6 Å². The van der Waals surface area contributed by atoms with Crippen molar-refractivity contribution in [1.29, 1.82) is 5.26 Å². The topological polar surface area (TPSA) is 38.0 Å². The van der Waals surface area contributed by atoms with E-state index in [4.69, 9.17) is 4.74 Å². The van der Waals surface area contributed by atoms with Crippen LogP contribution in [-0.4, -0.2) is 11.3 Å². The van der Waals surface area contributed by atoms with E-state index in [0.717, 1.165) is 28.2 Å². The Morgan fingerprint density at radius 2 is 1.59 bits per heavy atom. The Bertz CT molecular complexity index is 1560. The van der Waals surface area contributed by atoms with E-state index in [1.54, 1.807) is 0 Å². The summed E-state index contributed by atoms with van der Waals surface area (Å²) in [4.78, 5) is 0. The molecule has 0 aliphatic carbocycles. The molecule has 0 N–H and O–H groups in total. The molecule has 0 saturated carbocycles. The molecule has 132 valence electrons. The first kappa shape index (κ1) is 15.0. The molecule has 3 heterocycles. The molecule has 5 aromatic rings. The van der Waals surface area contributed by atoms with E-state index in [2.05, 4.69) is 65.2 Å². The van der Waals surface area contributed by atoms with Gasteiger partial charge in [-0.25, -0.2) is 0 Å². The van der Waals surface area contributed by atoms with E-state index >= 15 is 0 Å². The van der Waals surface area contributed by atoms with Crippen molar-refractivity contribution in [2.45, 2.75) is 0 Å². The number of benzene rings is 4. The van der Waals surface area contributed by atoms with Crippen molar-refractivity contribution < 1.29 is 4.74 Å². The second-order valence-electron chi connectivity index (χ2n) is 7.69. The lowest BCUT2D eigenvalue weighted by molar-refractivity contribution is 0.487. The number of nitriles is 1. The van der Waals surface area contributed by atoms with Gasteiger partial charge in [0.2, 0.25) is 0 Å². The molecule has 2 aliphatic heterocycles. The fraction of sp³-hybridized carbons (Fsp3) is 0. The monoisotopic (exact) mass is 368 g/mol. The van der Waals surface area contributed by atoms with Crippen molar-refractivity contribution in [2.24, 2.45) is 0 Å².